The molecule has 0 fully saturated rings. The number of carboxylic acid groups (broad SMARTS) is 1. The Labute approximate surface area is 132 Å². The van der Waals surface area contributed by atoms with Gasteiger partial charge in [-0.2, -0.15) is 0 Å². The minimum atomic E-state index is -0.929. The molecule has 0 bridgehead atoms. The van der Waals surface area contributed by atoms with Crippen molar-refractivity contribution in [2.24, 2.45) is 0 Å². The molecule has 1 aromatic carbocycles. The lowest BCUT2D eigenvalue weighted by Crippen LogP contribution is -2.19. The Bertz CT molecular complexity index is 612. The Hall–Kier alpha value is -0.850. The molecule has 0 aliphatic carbocycles. The number of rotatable bonds is 4. The highest BCUT2D eigenvalue weighted by molar-refractivity contribution is 9.10. The van der Waals surface area contributed by atoms with Gasteiger partial charge in [-0.25, -0.2) is 4.79 Å². The summed E-state index contributed by atoms with van der Waals surface area (Å²) in [5.74, 6) is -0.929. The van der Waals surface area contributed by atoms with E-state index in [1.165, 1.54) is 4.88 Å². The van der Waals surface area contributed by atoms with Crippen LogP contribution in [0, 0.1) is 0 Å². The summed E-state index contributed by atoms with van der Waals surface area (Å²) >= 11 is 8.35. The van der Waals surface area contributed by atoms with Crippen LogP contribution in [0.4, 0.5) is 5.69 Å². The van der Waals surface area contributed by atoms with Crippen molar-refractivity contribution < 1.29 is 9.90 Å². The fraction of sp³-hybridized carbons (Fsp3) is 0.154. The van der Waals surface area contributed by atoms with Gasteiger partial charge in [0, 0.05) is 26.3 Å². The molecule has 1 N–H and O–H groups in total. The third kappa shape index (κ3) is 3.38. The maximum Gasteiger partial charge on any atom is 0.338 e. The first-order valence-electron chi connectivity index (χ1n) is 5.45. The van der Waals surface area contributed by atoms with Crippen molar-refractivity contribution in [3.05, 3.63) is 49.0 Å². The Morgan fingerprint density at radius 3 is 2.74 bits per heavy atom. The molecule has 1 aromatic heterocycles. The molecule has 0 amide bonds. The topological polar surface area (TPSA) is 40.5 Å². The molecule has 2 aromatic rings. The molecule has 6 heteroatoms. The molecule has 0 aliphatic rings. The van der Waals surface area contributed by atoms with Crippen molar-refractivity contribution >= 4 is 54.9 Å². The molecule has 0 radical (unpaired) electrons. The predicted octanol–water partition coefficient (Wildman–Crippen LogP) is 4.61. The summed E-state index contributed by atoms with van der Waals surface area (Å²) in [6.07, 6.45) is 0. The van der Waals surface area contributed by atoms with Crippen molar-refractivity contribution in [2.45, 2.75) is 6.54 Å². The van der Waals surface area contributed by atoms with E-state index in [1.807, 2.05) is 35.5 Å². The number of hydrogen-bond acceptors (Lipinski definition) is 3. The fourth-order valence-corrected chi connectivity index (χ4v) is 3.83. The maximum atomic E-state index is 11.3. The van der Waals surface area contributed by atoms with Gasteiger partial charge < -0.3 is 10.0 Å². The number of anilines is 1. The van der Waals surface area contributed by atoms with E-state index in [2.05, 4.69) is 31.9 Å². The second-order valence-corrected chi connectivity index (χ2v) is 6.79. The van der Waals surface area contributed by atoms with Gasteiger partial charge in [0.2, 0.25) is 0 Å². The monoisotopic (exact) mass is 403 g/mol. The summed E-state index contributed by atoms with van der Waals surface area (Å²) in [4.78, 5) is 14.5. The van der Waals surface area contributed by atoms with Gasteiger partial charge in [-0.3, -0.25) is 0 Å². The molecule has 100 valence electrons. The van der Waals surface area contributed by atoms with Crippen LogP contribution in [0.15, 0.2) is 38.6 Å². The van der Waals surface area contributed by atoms with Gasteiger partial charge in [0.15, 0.2) is 0 Å². The smallest absolute Gasteiger partial charge is 0.338 e. The second-order valence-electron chi connectivity index (χ2n) is 4.03. The molecule has 0 unspecified atom stereocenters. The zero-order valence-corrected chi connectivity index (χ0v) is 14.0. The van der Waals surface area contributed by atoms with E-state index in [0.29, 0.717) is 22.3 Å². The molecule has 0 saturated heterocycles. The van der Waals surface area contributed by atoms with Gasteiger partial charge >= 0.3 is 5.97 Å². The standard InChI is InChI=1S/C13H11Br2NO2S/c1-16(6-9-5-8(14)7-19-9)11-4-2-3-10(15)12(11)13(17)18/h2-5,7H,6H2,1H3,(H,17,18). The summed E-state index contributed by atoms with van der Waals surface area (Å²) in [5.41, 5.74) is 0.993. The largest absolute Gasteiger partial charge is 0.478 e. The molecule has 0 atom stereocenters. The highest BCUT2D eigenvalue weighted by Crippen LogP contribution is 2.29. The van der Waals surface area contributed by atoms with Crippen LogP contribution in [0.25, 0.3) is 0 Å². The summed E-state index contributed by atoms with van der Waals surface area (Å²) in [6, 6.07) is 7.44. The van der Waals surface area contributed by atoms with Crippen LogP contribution >= 0.6 is 43.2 Å². The zero-order valence-electron chi connectivity index (χ0n) is 10.1. The highest BCUT2D eigenvalue weighted by Gasteiger charge is 2.17. The van der Waals surface area contributed by atoms with E-state index in [-0.39, 0.29) is 0 Å². The van der Waals surface area contributed by atoms with Crippen LogP contribution in [-0.4, -0.2) is 18.1 Å². The Kier molecular flexibility index (Phi) is 4.65. The molecular formula is C13H11Br2NO2S. The Balaban J connectivity index is 2.31. The molecule has 2 rings (SSSR count). The van der Waals surface area contributed by atoms with Crippen molar-refractivity contribution in [3.63, 3.8) is 0 Å². The van der Waals surface area contributed by atoms with Gasteiger partial charge in [-0.15, -0.1) is 11.3 Å². The normalized spacial score (nSPS) is 10.5. The van der Waals surface area contributed by atoms with E-state index < -0.39 is 5.97 Å². The third-order valence-corrected chi connectivity index (χ3v) is 4.97. The van der Waals surface area contributed by atoms with Crippen LogP contribution in [0.5, 0.6) is 0 Å². The van der Waals surface area contributed by atoms with Crippen LogP contribution in [0.1, 0.15) is 15.2 Å². The second kappa shape index (κ2) is 6.07. The van der Waals surface area contributed by atoms with Crippen molar-refractivity contribution in [3.8, 4) is 0 Å². The number of carboxylic acids is 1. The van der Waals surface area contributed by atoms with E-state index in [9.17, 15) is 9.90 Å². The summed E-state index contributed by atoms with van der Waals surface area (Å²) in [6.45, 7) is 0.674. The predicted molar refractivity (Wildman–Crippen MR) is 85.2 cm³/mol. The van der Waals surface area contributed by atoms with E-state index in [1.54, 1.807) is 17.4 Å². The lowest BCUT2D eigenvalue weighted by Gasteiger charge is -2.21. The minimum absolute atomic E-state index is 0.292. The number of aromatic carboxylic acids is 1. The molecule has 3 nitrogen and oxygen atoms in total. The lowest BCUT2D eigenvalue weighted by molar-refractivity contribution is 0.0696. The van der Waals surface area contributed by atoms with Gasteiger partial charge in [0.05, 0.1) is 17.8 Å². The Morgan fingerprint density at radius 1 is 1.42 bits per heavy atom. The number of benzene rings is 1. The lowest BCUT2D eigenvalue weighted by atomic mass is 10.1. The van der Waals surface area contributed by atoms with Crippen LogP contribution in [-0.2, 0) is 6.54 Å². The first kappa shape index (κ1) is 14.6. The maximum absolute atomic E-state index is 11.3. The number of nitrogens with zero attached hydrogens (tertiary/aromatic N) is 1. The summed E-state index contributed by atoms with van der Waals surface area (Å²) < 4.78 is 1.64. The van der Waals surface area contributed by atoms with Gasteiger partial charge in [-0.1, -0.05) is 6.07 Å². The minimum Gasteiger partial charge on any atom is -0.478 e. The number of halogens is 2. The molecular weight excluding hydrogens is 394 g/mol. The molecule has 1 heterocycles. The molecule has 0 saturated carbocycles. The number of carbonyl (C=O) groups is 1. The average Bonchev–Trinajstić information content (AvgIpc) is 2.73. The fourth-order valence-electron chi connectivity index (χ4n) is 1.80. The quantitative estimate of drug-likeness (QED) is 0.808. The molecule has 19 heavy (non-hydrogen) atoms. The van der Waals surface area contributed by atoms with Crippen LogP contribution in [0.2, 0.25) is 0 Å². The van der Waals surface area contributed by atoms with Crippen LogP contribution < -0.4 is 4.90 Å². The molecule has 0 spiro atoms. The summed E-state index contributed by atoms with van der Waals surface area (Å²) in [5, 5.41) is 11.3. The van der Waals surface area contributed by atoms with Crippen LogP contribution in [0.3, 0.4) is 0 Å². The number of hydrogen-bond donors (Lipinski definition) is 1. The third-order valence-electron chi connectivity index (χ3n) is 2.63. The number of thiophene rings is 1. The van der Waals surface area contributed by atoms with Gasteiger partial charge in [0.1, 0.15) is 0 Å². The van der Waals surface area contributed by atoms with E-state index in [4.69, 9.17) is 0 Å². The molecule has 0 aliphatic heterocycles. The Morgan fingerprint density at radius 2 is 2.16 bits per heavy atom. The van der Waals surface area contributed by atoms with Crippen molar-refractivity contribution in [2.75, 3.05) is 11.9 Å². The first-order valence-corrected chi connectivity index (χ1v) is 7.91. The SMILES string of the molecule is CN(Cc1cc(Br)cs1)c1cccc(Br)c1C(=O)O. The average molecular weight is 405 g/mol. The first-order chi connectivity index (χ1) is 8.99. The summed E-state index contributed by atoms with van der Waals surface area (Å²) in [7, 11) is 1.89. The van der Waals surface area contributed by atoms with E-state index >= 15 is 0 Å². The van der Waals surface area contributed by atoms with Crippen molar-refractivity contribution in [1.29, 1.82) is 0 Å². The van der Waals surface area contributed by atoms with Gasteiger partial charge in [-0.05, 0) is 50.1 Å². The highest BCUT2D eigenvalue weighted by atomic mass is 79.9. The zero-order chi connectivity index (χ0) is 14.0. The van der Waals surface area contributed by atoms with E-state index in [0.717, 1.165) is 4.47 Å². The van der Waals surface area contributed by atoms with Gasteiger partial charge in [0.25, 0.3) is 0 Å². The van der Waals surface area contributed by atoms with Crippen molar-refractivity contribution in [1.82, 2.24) is 0 Å².